The predicted octanol–water partition coefficient (Wildman–Crippen LogP) is 2.29. The van der Waals surface area contributed by atoms with Crippen molar-refractivity contribution in [1.82, 2.24) is 14.8 Å². The van der Waals surface area contributed by atoms with Gasteiger partial charge in [-0.15, -0.1) is 0 Å². The van der Waals surface area contributed by atoms with Gasteiger partial charge in [0.15, 0.2) is 0 Å². The van der Waals surface area contributed by atoms with Crippen LogP contribution in [0.1, 0.15) is 22.5 Å². The number of hydrogen-bond donors (Lipinski definition) is 1. The van der Waals surface area contributed by atoms with Gasteiger partial charge in [-0.25, -0.2) is 4.98 Å². The molecule has 4 heteroatoms. The highest BCUT2D eigenvalue weighted by molar-refractivity contribution is 5.37. The standard InChI is InChI=1S/C13H18N4/c1-9-10(2)16-17(11(9)3)8-12-5-6-15-13(7-12)14-4/h5-7H,8H2,1-4H3,(H,14,15). The quantitative estimate of drug-likeness (QED) is 0.879. The maximum atomic E-state index is 4.54. The molecule has 2 aromatic rings. The molecule has 0 fully saturated rings. The smallest absolute Gasteiger partial charge is 0.125 e. The number of nitrogens with zero attached hydrogens (tertiary/aromatic N) is 3. The summed E-state index contributed by atoms with van der Waals surface area (Å²) in [7, 11) is 1.87. The average molecular weight is 230 g/mol. The van der Waals surface area contributed by atoms with Gasteiger partial charge >= 0.3 is 0 Å². The molecule has 0 aliphatic rings. The van der Waals surface area contributed by atoms with Crippen LogP contribution >= 0.6 is 0 Å². The molecule has 2 aromatic heterocycles. The van der Waals surface area contributed by atoms with Crippen LogP contribution < -0.4 is 5.32 Å². The van der Waals surface area contributed by atoms with E-state index in [1.54, 1.807) is 0 Å². The van der Waals surface area contributed by atoms with Crippen molar-refractivity contribution in [3.63, 3.8) is 0 Å². The molecule has 0 saturated heterocycles. The lowest BCUT2D eigenvalue weighted by atomic mass is 10.2. The van der Waals surface area contributed by atoms with Crippen molar-refractivity contribution in [2.24, 2.45) is 0 Å². The Labute approximate surface area is 102 Å². The third-order valence-corrected chi connectivity index (χ3v) is 3.16. The molecule has 0 spiro atoms. The summed E-state index contributed by atoms with van der Waals surface area (Å²) in [5.41, 5.74) is 4.80. The molecule has 0 saturated carbocycles. The summed E-state index contributed by atoms with van der Waals surface area (Å²) in [6.45, 7) is 7.05. The zero-order valence-electron chi connectivity index (χ0n) is 10.8. The Morgan fingerprint density at radius 1 is 1.29 bits per heavy atom. The molecule has 0 radical (unpaired) electrons. The zero-order valence-corrected chi connectivity index (χ0v) is 10.8. The fourth-order valence-electron chi connectivity index (χ4n) is 1.82. The first-order valence-corrected chi connectivity index (χ1v) is 5.75. The Morgan fingerprint density at radius 2 is 2.06 bits per heavy atom. The highest BCUT2D eigenvalue weighted by Gasteiger charge is 2.07. The van der Waals surface area contributed by atoms with Gasteiger partial charge in [-0.2, -0.15) is 5.10 Å². The minimum Gasteiger partial charge on any atom is -0.373 e. The second-order valence-corrected chi connectivity index (χ2v) is 4.25. The van der Waals surface area contributed by atoms with E-state index in [2.05, 4.69) is 29.2 Å². The van der Waals surface area contributed by atoms with Crippen LogP contribution in [0.15, 0.2) is 18.3 Å². The molecule has 0 bridgehead atoms. The number of hydrogen-bond acceptors (Lipinski definition) is 3. The number of anilines is 1. The van der Waals surface area contributed by atoms with Gasteiger partial charge < -0.3 is 5.32 Å². The Morgan fingerprint density at radius 3 is 2.65 bits per heavy atom. The van der Waals surface area contributed by atoms with Gasteiger partial charge in [0.2, 0.25) is 0 Å². The van der Waals surface area contributed by atoms with Crippen LogP contribution in [0.4, 0.5) is 5.82 Å². The normalized spacial score (nSPS) is 10.6. The number of pyridine rings is 1. The summed E-state index contributed by atoms with van der Waals surface area (Å²) < 4.78 is 2.04. The highest BCUT2D eigenvalue weighted by atomic mass is 15.3. The Balaban J connectivity index is 2.28. The first-order valence-electron chi connectivity index (χ1n) is 5.75. The molecule has 1 N–H and O–H groups in total. The minimum absolute atomic E-state index is 0.789. The van der Waals surface area contributed by atoms with Gasteiger partial charge in [0.05, 0.1) is 12.2 Å². The van der Waals surface area contributed by atoms with E-state index in [1.807, 2.05) is 37.0 Å². The monoisotopic (exact) mass is 230 g/mol. The molecule has 0 aliphatic heterocycles. The van der Waals surface area contributed by atoms with Crippen molar-refractivity contribution < 1.29 is 0 Å². The SMILES string of the molecule is CNc1cc(Cn2nc(C)c(C)c2C)ccn1. The lowest BCUT2D eigenvalue weighted by Gasteiger charge is -2.06. The number of rotatable bonds is 3. The van der Waals surface area contributed by atoms with Gasteiger partial charge in [0, 0.05) is 18.9 Å². The van der Waals surface area contributed by atoms with Gasteiger partial charge in [-0.05, 0) is 44.0 Å². The Bertz CT molecular complexity index is 528. The van der Waals surface area contributed by atoms with E-state index < -0.39 is 0 Å². The summed E-state index contributed by atoms with van der Waals surface area (Å²) >= 11 is 0. The number of aryl methyl sites for hydroxylation is 1. The molecule has 4 nitrogen and oxygen atoms in total. The van der Waals surface area contributed by atoms with Crippen LogP contribution in [0, 0.1) is 20.8 Å². The van der Waals surface area contributed by atoms with Crippen LogP contribution in [0.3, 0.4) is 0 Å². The molecule has 2 heterocycles. The third kappa shape index (κ3) is 2.30. The number of nitrogens with one attached hydrogen (secondary N) is 1. The average Bonchev–Trinajstić information content (AvgIpc) is 2.57. The van der Waals surface area contributed by atoms with E-state index in [1.165, 1.54) is 16.8 Å². The lowest BCUT2D eigenvalue weighted by Crippen LogP contribution is -2.05. The van der Waals surface area contributed by atoms with E-state index in [9.17, 15) is 0 Å². The van der Waals surface area contributed by atoms with Crippen molar-refractivity contribution in [2.45, 2.75) is 27.3 Å². The topological polar surface area (TPSA) is 42.7 Å². The summed E-state index contributed by atoms with van der Waals surface area (Å²) in [4.78, 5) is 4.20. The van der Waals surface area contributed by atoms with E-state index in [4.69, 9.17) is 0 Å². The predicted molar refractivity (Wildman–Crippen MR) is 69.3 cm³/mol. The van der Waals surface area contributed by atoms with Crippen molar-refractivity contribution in [2.75, 3.05) is 12.4 Å². The molecule has 2 rings (SSSR count). The molecule has 0 unspecified atom stereocenters. The second kappa shape index (κ2) is 4.57. The number of aromatic nitrogens is 3. The fraction of sp³-hybridized carbons (Fsp3) is 0.385. The molecule has 0 aromatic carbocycles. The molecular weight excluding hydrogens is 212 g/mol. The van der Waals surface area contributed by atoms with Crippen molar-refractivity contribution >= 4 is 5.82 Å². The molecule has 0 amide bonds. The van der Waals surface area contributed by atoms with Crippen molar-refractivity contribution in [1.29, 1.82) is 0 Å². The fourth-order valence-corrected chi connectivity index (χ4v) is 1.82. The molecule has 0 atom stereocenters. The van der Waals surface area contributed by atoms with Crippen molar-refractivity contribution in [3.8, 4) is 0 Å². The van der Waals surface area contributed by atoms with E-state index in [0.717, 1.165) is 18.1 Å². The lowest BCUT2D eigenvalue weighted by molar-refractivity contribution is 0.658. The van der Waals surface area contributed by atoms with Gasteiger partial charge in [-0.1, -0.05) is 0 Å². The maximum Gasteiger partial charge on any atom is 0.125 e. The minimum atomic E-state index is 0.789. The Hall–Kier alpha value is -1.84. The molecule has 17 heavy (non-hydrogen) atoms. The summed E-state index contributed by atoms with van der Waals surface area (Å²) in [5, 5.41) is 7.58. The van der Waals surface area contributed by atoms with E-state index >= 15 is 0 Å². The summed E-state index contributed by atoms with van der Waals surface area (Å²) in [6.07, 6.45) is 1.82. The van der Waals surface area contributed by atoms with Crippen LogP contribution in [0.2, 0.25) is 0 Å². The summed E-state index contributed by atoms with van der Waals surface area (Å²) in [5.74, 6) is 0.890. The zero-order chi connectivity index (χ0) is 12.4. The van der Waals surface area contributed by atoms with Gasteiger partial charge in [0.25, 0.3) is 0 Å². The van der Waals surface area contributed by atoms with Crippen LogP contribution in [0.25, 0.3) is 0 Å². The maximum absolute atomic E-state index is 4.54. The molecular formula is C13H18N4. The van der Waals surface area contributed by atoms with E-state index in [-0.39, 0.29) is 0 Å². The first kappa shape index (κ1) is 11.6. The van der Waals surface area contributed by atoms with E-state index in [0.29, 0.717) is 0 Å². The molecule has 0 aliphatic carbocycles. The second-order valence-electron chi connectivity index (χ2n) is 4.25. The molecule has 90 valence electrons. The highest BCUT2D eigenvalue weighted by Crippen LogP contribution is 2.14. The van der Waals surface area contributed by atoms with Crippen LogP contribution in [-0.4, -0.2) is 21.8 Å². The van der Waals surface area contributed by atoms with Crippen molar-refractivity contribution in [3.05, 3.63) is 40.8 Å². The van der Waals surface area contributed by atoms with Crippen LogP contribution in [0.5, 0.6) is 0 Å². The largest absolute Gasteiger partial charge is 0.373 e. The van der Waals surface area contributed by atoms with Gasteiger partial charge in [0.1, 0.15) is 5.82 Å². The van der Waals surface area contributed by atoms with Gasteiger partial charge in [-0.3, -0.25) is 4.68 Å². The Kier molecular flexibility index (Phi) is 3.13. The van der Waals surface area contributed by atoms with Crippen LogP contribution in [-0.2, 0) is 6.54 Å². The first-order chi connectivity index (χ1) is 8.11. The third-order valence-electron chi connectivity index (χ3n) is 3.16. The summed E-state index contributed by atoms with van der Waals surface area (Å²) in [6, 6.07) is 4.07.